The molecule has 15 heavy (non-hydrogen) atoms. The highest BCUT2D eigenvalue weighted by Gasteiger charge is 2.16. The molecule has 0 saturated carbocycles. The predicted molar refractivity (Wildman–Crippen MR) is 56.2 cm³/mol. The Morgan fingerprint density at radius 1 is 1.47 bits per heavy atom. The molecule has 0 fully saturated rings. The molecule has 1 N–H and O–H groups in total. The molecule has 0 amide bonds. The Morgan fingerprint density at radius 2 is 2.20 bits per heavy atom. The SMILES string of the molecule is CCOC(C)(C)CNCc1nnn(C)n1. The third kappa shape index (κ3) is 4.35. The first-order chi connectivity index (χ1) is 7.03. The fraction of sp³-hybridized carbons (Fsp3) is 0.889. The average molecular weight is 213 g/mol. The van der Waals surface area contributed by atoms with Crippen molar-refractivity contribution < 1.29 is 4.74 Å². The smallest absolute Gasteiger partial charge is 0.188 e. The number of hydrogen-bond acceptors (Lipinski definition) is 5. The molecule has 0 saturated heterocycles. The van der Waals surface area contributed by atoms with Crippen LogP contribution in [0.1, 0.15) is 26.6 Å². The van der Waals surface area contributed by atoms with Crippen LogP contribution in [-0.2, 0) is 18.3 Å². The zero-order chi connectivity index (χ0) is 11.3. The van der Waals surface area contributed by atoms with Crippen molar-refractivity contribution in [3.05, 3.63) is 5.82 Å². The van der Waals surface area contributed by atoms with Crippen molar-refractivity contribution in [2.75, 3.05) is 13.2 Å². The molecule has 86 valence electrons. The molecule has 6 nitrogen and oxygen atoms in total. The number of nitrogens with one attached hydrogen (secondary N) is 1. The van der Waals surface area contributed by atoms with Crippen LogP contribution in [0.5, 0.6) is 0 Å². The first-order valence-corrected chi connectivity index (χ1v) is 5.11. The van der Waals surface area contributed by atoms with Gasteiger partial charge < -0.3 is 10.1 Å². The summed E-state index contributed by atoms with van der Waals surface area (Å²) < 4.78 is 5.55. The molecule has 0 aliphatic heterocycles. The van der Waals surface area contributed by atoms with Crippen molar-refractivity contribution in [3.8, 4) is 0 Å². The summed E-state index contributed by atoms with van der Waals surface area (Å²) in [6.07, 6.45) is 0. The molecule has 0 bridgehead atoms. The van der Waals surface area contributed by atoms with Crippen molar-refractivity contribution in [1.82, 2.24) is 25.5 Å². The number of ether oxygens (including phenoxy) is 1. The van der Waals surface area contributed by atoms with Gasteiger partial charge >= 0.3 is 0 Å². The van der Waals surface area contributed by atoms with E-state index in [0.29, 0.717) is 12.4 Å². The van der Waals surface area contributed by atoms with Crippen LogP contribution in [0.2, 0.25) is 0 Å². The summed E-state index contributed by atoms with van der Waals surface area (Å²) in [5.74, 6) is 0.699. The van der Waals surface area contributed by atoms with Crippen LogP contribution < -0.4 is 5.32 Å². The van der Waals surface area contributed by atoms with Gasteiger partial charge in [0.1, 0.15) is 0 Å². The van der Waals surface area contributed by atoms with Gasteiger partial charge in [0, 0.05) is 13.2 Å². The van der Waals surface area contributed by atoms with Crippen LogP contribution in [0.3, 0.4) is 0 Å². The average Bonchev–Trinajstić information content (AvgIpc) is 2.51. The number of aromatic nitrogens is 4. The molecule has 0 aliphatic carbocycles. The van der Waals surface area contributed by atoms with Gasteiger partial charge in [0.15, 0.2) is 5.82 Å². The quantitative estimate of drug-likeness (QED) is 0.727. The van der Waals surface area contributed by atoms with E-state index in [0.717, 1.165) is 13.2 Å². The van der Waals surface area contributed by atoms with E-state index < -0.39 is 0 Å². The summed E-state index contributed by atoms with van der Waals surface area (Å²) in [7, 11) is 1.75. The number of tetrazole rings is 1. The fourth-order valence-corrected chi connectivity index (χ4v) is 1.31. The number of rotatable bonds is 6. The second-order valence-electron chi connectivity index (χ2n) is 3.99. The lowest BCUT2D eigenvalue weighted by Gasteiger charge is -2.24. The summed E-state index contributed by atoms with van der Waals surface area (Å²) in [4.78, 5) is 1.45. The standard InChI is InChI=1S/C9H19N5O/c1-5-15-9(2,3)7-10-6-8-11-13-14(4)12-8/h10H,5-7H2,1-4H3. The Morgan fingerprint density at radius 3 is 2.73 bits per heavy atom. The Hall–Kier alpha value is -1.01. The van der Waals surface area contributed by atoms with Crippen LogP contribution in [0.4, 0.5) is 0 Å². The Bertz CT molecular complexity index is 296. The normalized spacial score (nSPS) is 12.0. The summed E-state index contributed by atoms with van der Waals surface area (Å²) in [5.41, 5.74) is -0.156. The molecule has 0 aliphatic rings. The van der Waals surface area contributed by atoms with E-state index in [2.05, 4.69) is 20.7 Å². The molecule has 0 spiro atoms. The summed E-state index contributed by atoms with van der Waals surface area (Å²) in [6.45, 7) is 8.19. The Labute approximate surface area is 90.0 Å². The molecule has 0 atom stereocenters. The maximum Gasteiger partial charge on any atom is 0.188 e. The van der Waals surface area contributed by atoms with E-state index in [9.17, 15) is 0 Å². The van der Waals surface area contributed by atoms with E-state index >= 15 is 0 Å². The monoisotopic (exact) mass is 213 g/mol. The second kappa shape index (κ2) is 5.18. The van der Waals surface area contributed by atoms with Gasteiger partial charge in [0.25, 0.3) is 0 Å². The van der Waals surface area contributed by atoms with Gasteiger partial charge in [-0.2, -0.15) is 4.80 Å². The highest BCUT2D eigenvalue weighted by Crippen LogP contribution is 2.06. The zero-order valence-electron chi connectivity index (χ0n) is 9.82. The minimum Gasteiger partial charge on any atom is -0.375 e. The maximum atomic E-state index is 5.55. The zero-order valence-corrected chi connectivity index (χ0v) is 9.82. The fourth-order valence-electron chi connectivity index (χ4n) is 1.31. The van der Waals surface area contributed by atoms with E-state index in [4.69, 9.17) is 4.74 Å². The van der Waals surface area contributed by atoms with E-state index in [1.807, 2.05) is 20.8 Å². The van der Waals surface area contributed by atoms with Crippen LogP contribution in [0.15, 0.2) is 0 Å². The van der Waals surface area contributed by atoms with Crippen molar-refractivity contribution in [3.63, 3.8) is 0 Å². The first-order valence-electron chi connectivity index (χ1n) is 5.11. The maximum absolute atomic E-state index is 5.55. The lowest BCUT2D eigenvalue weighted by atomic mass is 10.1. The minimum atomic E-state index is -0.156. The third-order valence-electron chi connectivity index (χ3n) is 1.92. The highest BCUT2D eigenvalue weighted by molar-refractivity contribution is 4.78. The van der Waals surface area contributed by atoms with Gasteiger partial charge in [-0.3, -0.25) is 0 Å². The van der Waals surface area contributed by atoms with Gasteiger partial charge in [0.05, 0.1) is 19.2 Å². The van der Waals surface area contributed by atoms with Gasteiger partial charge in [0.2, 0.25) is 0 Å². The first kappa shape index (κ1) is 12.1. The molecule has 0 unspecified atom stereocenters. The van der Waals surface area contributed by atoms with Crippen LogP contribution in [-0.4, -0.2) is 39.0 Å². The molecular weight excluding hydrogens is 194 g/mol. The second-order valence-corrected chi connectivity index (χ2v) is 3.99. The predicted octanol–water partition coefficient (Wildman–Crippen LogP) is 0.115. The van der Waals surface area contributed by atoms with E-state index in [-0.39, 0.29) is 5.60 Å². The van der Waals surface area contributed by atoms with E-state index in [1.54, 1.807) is 7.05 Å². The largest absolute Gasteiger partial charge is 0.375 e. The van der Waals surface area contributed by atoms with Gasteiger partial charge in [-0.1, -0.05) is 0 Å². The van der Waals surface area contributed by atoms with E-state index in [1.165, 1.54) is 4.80 Å². The lowest BCUT2D eigenvalue weighted by molar-refractivity contribution is -0.00907. The number of nitrogens with zero attached hydrogens (tertiary/aromatic N) is 4. The Kier molecular flexibility index (Phi) is 4.16. The van der Waals surface area contributed by atoms with Crippen LogP contribution in [0, 0.1) is 0 Å². The molecule has 1 aromatic heterocycles. The van der Waals surface area contributed by atoms with Crippen molar-refractivity contribution in [1.29, 1.82) is 0 Å². The number of hydrogen-bond donors (Lipinski definition) is 1. The topological polar surface area (TPSA) is 64.9 Å². The molecule has 1 rings (SSSR count). The lowest BCUT2D eigenvalue weighted by Crippen LogP contribution is -2.37. The molecular formula is C9H19N5O. The molecule has 0 radical (unpaired) electrons. The summed E-state index contributed by atoms with van der Waals surface area (Å²) in [6, 6.07) is 0. The molecule has 1 heterocycles. The minimum absolute atomic E-state index is 0.156. The van der Waals surface area contributed by atoms with Gasteiger partial charge in [-0.05, 0) is 26.0 Å². The van der Waals surface area contributed by atoms with Crippen molar-refractivity contribution in [2.45, 2.75) is 32.9 Å². The molecule has 1 aromatic rings. The van der Waals surface area contributed by atoms with Crippen molar-refractivity contribution in [2.24, 2.45) is 7.05 Å². The van der Waals surface area contributed by atoms with Crippen molar-refractivity contribution >= 4 is 0 Å². The summed E-state index contributed by atoms with van der Waals surface area (Å²) in [5, 5.41) is 14.9. The highest BCUT2D eigenvalue weighted by atomic mass is 16.5. The van der Waals surface area contributed by atoms with Gasteiger partial charge in [-0.15, -0.1) is 10.2 Å². The van der Waals surface area contributed by atoms with Crippen LogP contribution >= 0.6 is 0 Å². The molecule has 0 aromatic carbocycles. The van der Waals surface area contributed by atoms with Gasteiger partial charge in [-0.25, -0.2) is 0 Å². The summed E-state index contributed by atoms with van der Waals surface area (Å²) >= 11 is 0. The third-order valence-corrected chi connectivity index (χ3v) is 1.92. The Balaban J connectivity index is 2.27. The van der Waals surface area contributed by atoms with Crippen LogP contribution in [0.25, 0.3) is 0 Å². The number of aryl methyl sites for hydroxylation is 1. The molecule has 6 heteroatoms.